The molecule has 1 amide bonds. The minimum absolute atomic E-state index is 0.125. The van der Waals surface area contributed by atoms with Gasteiger partial charge in [0.05, 0.1) is 13.0 Å². The quantitative estimate of drug-likeness (QED) is 0.870. The van der Waals surface area contributed by atoms with E-state index in [1.165, 1.54) is 11.3 Å². The zero-order chi connectivity index (χ0) is 15.5. The highest BCUT2D eigenvalue weighted by molar-refractivity contribution is 7.10. The van der Waals surface area contributed by atoms with Gasteiger partial charge in [0.2, 0.25) is 5.91 Å². The Bertz CT molecular complexity index is 627. The van der Waals surface area contributed by atoms with Crippen molar-refractivity contribution in [2.24, 2.45) is 0 Å². The van der Waals surface area contributed by atoms with E-state index >= 15 is 0 Å². The summed E-state index contributed by atoms with van der Waals surface area (Å²) >= 11 is 13.4. The fraction of sp³-hybridized carbons (Fsp3) is 0.267. The Labute approximate surface area is 137 Å². The zero-order valence-corrected chi connectivity index (χ0v) is 13.7. The van der Waals surface area contributed by atoms with E-state index in [1.54, 1.807) is 25.1 Å². The second-order valence-electron chi connectivity index (χ2n) is 4.94. The van der Waals surface area contributed by atoms with E-state index in [1.807, 2.05) is 17.5 Å². The number of halogens is 2. The molecule has 1 aromatic carbocycles. The van der Waals surface area contributed by atoms with Gasteiger partial charge in [-0.2, -0.15) is 0 Å². The van der Waals surface area contributed by atoms with Crippen LogP contribution in [0.3, 0.4) is 0 Å². The molecule has 0 saturated carbocycles. The number of amides is 1. The molecule has 1 atom stereocenters. The highest BCUT2D eigenvalue weighted by Crippen LogP contribution is 2.25. The van der Waals surface area contributed by atoms with Crippen LogP contribution in [0.5, 0.6) is 0 Å². The number of thiophene rings is 1. The van der Waals surface area contributed by atoms with Gasteiger partial charge in [-0.3, -0.25) is 4.79 Å². The number of nitrogens with one attached hydrogen (secondary N) is 1. The molecule has 1 aromatic heterocycles. The van der Waals surface area contributed by atoms with Gasteiger partial charge < -0.3 is 10.4 Å². The van der Waals surface area contributed by atoms with Crippen LogP contribution in [0.4, 0.5) is 0 Å². The van der Waals surface area contributed by atoms with Crippen LogP contribution in [0.15, 0.2) is 35.7 Å². The van der Waals surface area contributed by atoms with E-state index in [4.69, 9.17) is 23.2 Å². The van der Waals surface area contributed by atoms with Crippen LogP contribution < -0.4 is 5.32 Å². The summed E-state index contributed by atoms with van der Waals surface area (Å²) in [7, 11) is 0. The maximum Gasteiger partial charge on any atom is 0.224 e. The fourth-order valence-electron chi connectivity index (χ4n) is 1.86. The number of aliphatic hydroxyl groups is 1. The van der Waals surface area contributed by atoms with Crippen molar-refractivity contribution < 1.29 is 9.90 Å². The van der Waals surface area contributed by atoms with Gasteiger partial charge in [0, 0.05) is 14.9 Å². The maximum atomic E-state index is 12.0. The Balaban J connectivity index is 1.95. The van der Waals surface area contributed by atoms with Gasteiger partial charge >= 0.3 is 0 Å². The second-order valence-corrected chi connectivity index (χ2v) is 6.73. The van der Waals surface area contributed by atoms with E-state index in [0.29, 0.717) is 15.6 Å². The van der Waals surface area contributed by atoms with E-state index in [-0.39, 0.29) is 18.9 Å². The number of hydrogen-bond acceptors (Lipinski definition) is 3. The number of benzene rings is 1. The first-order valence-corrected chi connectivity index (χ1v) is 7.99. The van der Waals surface area contributed by atoms with E-state index in [9.17, 15) is 9.90 Å². The molecular formula is C15H15Cl2NO2S. The van der Waals surface area contributed by atoms with Crippen molar-refractivity contribution in [1.82, 2.24) is 5.32 Å². The molecule has 0 aliphatic rings. The molecule has 0 spiro atoms. The summed E-state index contributed by atoms with van der Waals surface area (Å²) in [5.74, 6) is -0.212. The molecule has 0 radical (unpaired) electrons. The lowest BCUT2D eigenvalue weighted by atomic mass is 10.0. The lowest BCUT2D eigenvalue weighted by Gasteiger charge is -2.22. The molecule has 0 fully saturated rings. The predicted octanol–water partition coefficient (Wildman–Crippen LogP) is 3.62. The van der Waals surface area contributed by atoms with E-state index in [0.717, 1.165) is 4.88 Å². The van der Waals surface area contributed by atoms with Crippen LogP contribution >= 0.6 is 34.5 Å². The smallest absolute Gasteiger partial charge is 0.224 e. The summed E-state index contributed by atoms with van der Waals surface area (Å²) in [6, 6.07) is 8.70. The highest BCUT2D eigenvalue weighted by atomic mass is 35.5. The van der Waals surface area contributed by atoms with Crippen LogP contribution in [0.1, 0.15) is 17.4 Å². The number of carbonyl (C=O) groups excluding carboxylic acids is 1. The third-order valence-electron chi connectivity index (χ3n) is 3.04. The van der Waals surface area contributed by atoms with Crippen LogP contribution in [0.25, 0.3) is 0 Å². The molecule has 6 heteroatoms. The Morgan fingerprint density at radius 1 is 1.38 bits per heavy atom. The highest BCUT2D eigenvalue weighted by Gasteiger charge is 2.24. The Kier molecular flexibility index (Phi) is 5.27. The van der Waals surface area contributed by atoms with Gasteiger partial charge in [-0.15, -0.1) is 11.3 Å². The molecule has 0 aliphatic heterocycles. The van der Waals surface area contributed by atoms with Crippen molar-refractivity contribution in [2.75, 3.05) is 6.54 Å². The predicted molar refractivity (Wildman–Crippen MR) is 87.1 cm³/mol. The van der Waals surface area contributed by atoms with Crippen LogP contribution in [0.2, 0.25) is 10.0 Å². The molecule has 2 N–H and O–H groups in total. The van der Waals surface area contributed by atoms with Gasteiger partial charge in [0.25, 0.3) is 0 Å². The zero-order valence-electron chi connectivity index (χ0n) is 11.4. The minimum atomic E-state index is -1.08. The lowest BCUT2D eigenvalue weighted by Crippen LogP contribution is -2.38. The summed E-state index contributed by atoms with van der Waals surface area (Å²) in [6.07, 6.45) is 0.125. The topological polar surface area (TPSA) is 49.3 Å². The third-order valence-corrected chi connectivity index (χ3v) is 4.77. The number of carbonyl (C=O) groups is 1. The second kappa shape index (κ2) is 6.79. The average Bonchev–Trinajstić information content (AvgIpc) is 2.96. The first-order valence-electron chi connectivity index (χ1n) is 6.35. The molecule has 112 valence electrons. The molecular weight excluding hydrogens is 329 g/mol. The summed E-state index contributed by atoms with van der Waals surface area (Å²) in [6.45, 7) is 1.82. The lowest BCUT2D eigenvalue weighted by molar-refractivity contribution is -0.121. The maximum absolute atomic E-state index is 12.0. The molecule has 2 rings (SSSR count). The van der Waals surface area contributed by atoms with Gasteiger partial charge in [-0.05, 0) is 42.1 Å². The molecule has 2 aromatic rings. The largest absolute Gasteiger partial charge is 0.383 e. The Hall–Kier alpha value is -1.07. The minimum Gasteiger partial charge on any atom is -0.383 e. The van der Waals surface area contributed by atoms with Crippen molar-refractivity contribution in [3.8, 4) is 0 Å². The number of hydrogen-bond donors (Lipinski definition) is 2. The molecule has 3 nitrogen and oxygen atoms in total. The van der Waals surface area contributed by atoms with E-state index in [2.05, 4.69) is 5.32 Å². The average molecular weight is 344 g/mol. The molecule has 0 saturated heterocycles. The number of rotatable bonds is 5. The third kappa shape index (κ3) is 4.45. The van der Waals surface area contributed by atoms with Gasteiger partial charge in [-0.25, -0.2) is 0 Å². The van der Waals surface area contributed by atoms with Crippen LogP contribution in [0, 0.1) is 0 Å². The molecule has 0 bridgehead atoms. The summed E-state index contributed by atoms with van der Waals surface area (Å²) < 4.78 is 0. The van der Waals surface area contributed by atoms with Crippen molar-refractivity contribution >= 4 is 40.4 Å². The fourth-order valence-corrected chi connectivity index (χ4v) is 3.02. The van der Waals surface area contributed by atoms with Crippen molar-refractivity contribution in [1.29, 1.82) is 0 Å². The first-order chi connectivity index (χ1) is 9.88. The van der Waals surface area contributed by atoms with E-state index < -0.39 is 5.60 Å². The normalized spacial score (nSPS) is 13.7. The monoisotopic (exact) mass is 343 g/mol. The van der Waals surface area contributed by atoms with Crippen molar-refractivity contribution in [2.45, 2.75) is 18.9 Å². The van der Waals surface area contributed by atoms with Gasteiger partial charge in [0.1, 0.15) is 5.60 Å². The van der Waals surface area contributed by atoms with Gasteiger partial charge in [-0.1, -0.05) is 29.3 Å². The summed E-state index contributed by atoms with van der Waals surface area (Å²) in [5.41, 5.74) is -0.417. The van der Waals surface area contributed by atoms with Crippen molar-refractivity contribution in [3.05, 3.63) is 56.2 Å². The summed E-state index contributed by atoms with van der Waals surface area (Å²) in [4.78, 5) is 12.8. The molecule has 1 heterocycles. The van der Waals surface area contributed by atoms with Crippen LogP contribution in [-0.4, -0.2) is 17.6 Å². The van der Waals surface area contributed by atoms with Crippen molar-refractivity contribution in [3.63, 3.8) is 0 Å². The Morgan fingerprint density at radius 2 is 2.14 bits per heavy atom. The Morgan fingerprint density at radius 3 is 2.81 bits per heavy atom. The summed E-state index contributed by atoms with van der Waals surface area (Å²) in [5, 5.41) is 16.0. The van der Waals surface area contributed by atoms with Crippen LogP contribution in [-0.2, 0) is 16.8 Å². The first kappa shape index (κ1) is 16.3. The molecule has 1 unspecified atom stereocenters. The molecule has 0 aliphatic carbocycles. The van der Waals surface area contributed by atoms with Gasteiger partial charge in [0.15, 0.2) is 0 Å². The SMILES string of the molecule is CC(O)(CNC(=O)Cc1cc(Cl)ccc1Cl)c1cccs1. The molecule has 21 heavy (non-hydrogen) atoms. The standard InChI is InChI=1S/C15H15Cl2NO2S/c1-15(20,13-3-2-6-21-13)9-18-14(19)8-10-7-11(16)4-5-12(10)17/h2-7,20H,8-9H2,1H3,(H,18,19).